The lowest BCUT2D eigenvalue weighted by atomic mass is 10.1. The van der Waals surface area contributed by atoms with Crippen LogP contribution >= 0.6 is 0 Å². The molecule has 0 saturated carbocycles. The molecular formula is C14H16N6O5. The van der Waals surface area contributed by atoms with Crippen molar-refractivity contribution >= 4 is 22.9 Å². The minimum atomic E-state index is -1.41. The summed E-state index contributed by atoms with van der Waals surface area (Å²) in [6.45, 7) is 0. The molecule has 1 fully saturated rings. The van der Waals surface area contributed by atoms with Crippen LogP contribution in [-0.2, 0) is 14.4 Å². The number of nitrogens with one attached hydrogen (secondary N) is 2. The van der Waals surface area contributed by atoms with E-state index in [-0.39, 0.29) is 17.3 Å². The number of terminal acetylenes is 1. The SMILES string of the molecule is C#Cc1nc(NOC)c2ncn([C@@H]3O[C@H](C(=O)NC)[C@@H](O)[C@H]3O)c2n1. The van der Waals surface area contributed by atoms with Crippen LogP contribution in [0.2, 0.25) is 0 Å². The number of nitrogens with zero attached hydrogens (tertiary/aromatic N) is 4. The Morgan fingerprint density at radius 3 is 2.84 bits per heavy atom. The summed E-state index contributed by atoms with van der Waals surface area (Å²) in [5.74, 6) is 2.04. The van der Waals surface area contributed by atoms with E-state index in [1.165, 1.54) is 25.1 Å². The van der Waals surface area contributed by atoms with Crippen molar-refractivity contribution in [1.82, 2.24) is 24.8 Å². The first-order valence-electron chi connectivity index (χ1n) is 7.25. The van der Waals surface area contributed by atoms with Crippen molar-refractivity contribution in [2.24, 2.45) is 0 Å². The van der Waals surface area contributed by atoms with E-state index < -0.39 is 30.4 Å². The third-order valence-electron chi connectivity index (χ3n) is 3.77. The summed E-state index contributed by atoms with van der Waals surface area (Å²) in [7, 11) is 2.80. The largest absolute Gasteiger partial charge is 0.387 e. The number of anilines is 1. The van der Waals surface area contributed by atoms with Crippen molar-refractivity contribution in [3.05, 3.63) is 12.2 Å². The average molecular weight is 348 g/mol. The number of hydrogen-bond donors (Lipinski definition) is 4. The Morgan fingerprint density at radius 1 is 1.44 bits per heavy atom. The second kappa shape index (κ2) is 6.61. The van der Waals surface area contributed by atoms with Crippen LogP contribution in [-0.4, -0.2) is 68.1 Å². The number of rotatable bonds is 4. The molecule has 3 heterocycles. The summed E-state index contributed by atoms with van der Waals surface area (Å²) >= 11 is 0. The molecule has 1 saturated heterocycles. The van der Waals surface area contributed by atoms with Crippen LogP contribution in [0.4, 0.5) is 5.82 Å². The van der Waals surface area contributed by atoms with Crippen LogP contribution in [0.25, 0.3) is 11.2 Å². The number of ether oxygens (including phenoxy) is 1. The highest BCUT2D eigenvalue weighted by molar-refractivity contribution is 5.83. The molecule has 25 heavy (non-hydrogen) atoms. The number of hydrogen-bond acceptors (Lipinski definition) is 9. The molecule has 1 aliphatic rings. The number of fused-ring (bicyclic) bond motifs is 1. The number of carbonyl (C=O) groups is 1. The number of carbonyl (C=O) groups excluding carboxylic acids is 1. The van der Waals surface area contributed by atoms with Gasteiger partial charge >= 0.3 is 0 Å². The molecule has 0 bridgehead atoms. The van der Waals surface area contributed by atoms with E-state index in [1.807, 2.05) is 0 Å². The normalized spacial score (nSPS) is 25.7. The standard InChI is InChI=1S/C14H16N6O5/c1-4-6-17-11(19-24-3)7-12(18-6)20(5-16-7)14-9(22)8(21)10(25-14)13(23)15-2/h1,5,8-10,14,21-22H,2-3H3,(H,15,23)(H,17,18,19)/t8-,9+,10-,14+/m0/s1. The third-order valence-corrected chi connectivity index (χ3v) is 3.77. The first kappa shape index (κ1) is 17.1. The van der Waals surface area contributed by atoms with Gasteiger partial charge in [0, 0.05) is 7.05 Å². The van der Waals surface area contributed by atoms with Crippen molar-refractivity contribution in [3.63, 3.8) is 0 Å². The lowest BCUT2D eigenvalue weighted by molar-refractivity contribution is -0.137. The third kappa shape index (κ3) is 2.77. The molecule has 4 atom stereocenters. The van der Waals surface area contributed by atoms with E-state index in [0.29, 0.717) is 5.52 Å². The Morgan fingerprint density at radius 2 is 2.20 bits per heavy atom. The van der Waals surface area contributed by atoms with Gasteiger partial charge in [-0.2, -0.15) is 4.98 Å². The Kier molecular flexibility index (Phi) is 4.51. The lowest BCUT2D eigenvalue weighted by Crippen LogP contribution is -2.41. The quantitative estimate of drug-likeness (QED) is 0.369. The minimum Gasteiger partial charge on any atom is -0.387 e. The molecule has 0 spiro atoms. The highest BCUT2D eigenvalue weighted by atomic mass is 16.6. The smallest absolute Gasteiger partial charge is 0.251 e. The molecule has 2 aromatic heterocycles. The maximum atomic E-state index is 11.8. The van der Waals surface area contributed by atoms with Crippen molar-refractivity contribution < 1.29 is 24.6 Å². The van der Waals surface area contributed by atoms with Crippen LogP contribution in [0.3, 0.4) is 0 Å². The zero-order valence-electron chi connectivity index (χ0n) is 13.4. The Balaban J connectivity index is 2.06. The molecule has 0 aliphatic carbocycles. The summed E-state index contributed by atoms with van der Waals surface area (Å²) in [5.41, 5.74) is 3.11. The monoisotopic (exact) mass is 348 g/mol. The first-order valence-corrected chi connectivity index (χ1v) is 7.25. The van der Waals surface area contributed by atoms with Gasteiger partial charge in [-0.25, -0.2) is 15.4 Å². The highest BCUT2D eigenvalue weighted by Crippen LogP contribution is 2.32. The second-order valence-corrected chi connectivity index (χ2v) is 5.21. The maximum Gasteiger partial charge on any atom is 0.251 e. The van der Waals surface area contributed by atoms with Crippen molar-refractivity contribution in [2.75, 3.05) is 19.6 Å². The van der Waals surface area contributed by atoms with Gasteiger partial charge in [0.15, 0.2) is 29.3 Å². The summed E-state index contributed by atoms with van der Waals surface area (Å²) in [6, 6.07) is 0. The van der Waals surface area contributed by atoms with E-state index in [0.717, 1.165) is 0 Å². The molecule has 132 valence electrons. The van der Waals surface area contributed by atoms with Crippen molar-refractivity contribution in [2.45, 2.75) is 24.5 Å². The molecule has 1 aliphatic heterocycles. The van der Waals surface area contributed by atoms with Crippen LogP contribution < -0.4 is 10.8 Å². The van der Waals surface area contributed by atoms with Crippen LogP contribution in [0.15, 0.2) is 6.33 Å². The Labute approximate surface area is 141 Å². The average Bonchev–Trinajstić information content (AvgIpc) is 3.16. The zero-order valence-corrected chi connectivity index (χ0v) is 13.4. The molecular weight excluding hydrogens is 332 g/mol. The van der Waals surface area contributed by atoms with E-state index >= 15 is 0 Å². The Bertz CT molecular complexity index is 846. The molecule has 0 unspecified atom stereocenters. The number of aromatic nitrogens is 4. The highest BCUT2D eigenvalue weighted by Gasteiger charge is 2.47. The topological polar surface area (TPSA) is 144 Å². The van der Waals surface area contributed by atoms with Crippen molar-refractivity contribution in [3.8, 4) is 12.3 Å². The van der Waals surface area contributed by atoms with Crippen LogP contribution in [0.5, 0.6) is 0 Å². The molecule has 0 aromatic carbocycles. The van der Waals surface area contributed by atoms with Gasteiger partial charge in [0.05, 0.1) is 13.4 Å². The maximum absolute atomic E-state index is 11.8. The van der Waals surface area contributed by atoms with Gasteiger partial charge in [0.1, 0.15) is 12.2 Å². The minimum absolute atomic E-state index is 0.0599. The number of aliphatic hydroxyl groups excluding tert-OH is 2. The molecule has 11 nitrogen and oxygen atoms in total. The molecule has 11 heteroatoms. The molecule has 4 N–H and O–H groups in total. The van der Waals surface area contributed by atoms with E-state index in [2.05, 4.69) is 31.7 Å². The van der Waals surface area contributed by atoms with Gasteiger partial charge < -0.3 is 20.3 Å². The summed E-state index contributed by atoms with van der Waals surface area (Å²) in [4.78, 5) is 29.0. The van der Waals surface area contributed by atoms with Gasteiger partial charge in [-0.3, -0.25) is 14.2 Å². The Hall–Kier alpha value is -2.78. The number of amides is 1. The predicted octanol–water partition coefficient (Wildman–Crippen LogP) is -1.85. The first-order chi connectivity index (χ1) is 12.0. The van der Waals surface area contributed by atoms with Gasteiger partial charge in [0.25, 0.3) is 5.91 Å². The fraction of sp³-hybridized carbons (Fsp3) is 0.429. The molecule has 2 aromatic rings. The molecule has 1 amide bonds. The van der Waals surface area contributed by atoms with Gasteiger partial charge in [-0.1, -0.05) is 0 Å². The van der Waals surface area contributed by atoms with E-state index in [4.69, 9.17) is 16.0 Å². The zero-order chi connectivity index (χ0) is 18.1. The number of likely N-dealkylation sites (N-methyl/N-ethyl adjacent to an activating group) is 1. The number of imidazole rings is 1. The fourth-order valence-electron chi connectivity index (χ4n) is 2.58. The van der Waals surface area contributed by atoms with Gasteiger partial charge in [-0.15, -0.1) is 6.42 Å². The summed E-state index contributed by atoms with van der Waals surface area (Å²) in [5, 5.41) is 22.7. The lowest BCUT2D eigenvalue weighted by Gasteiger charge is -2.16. The van der Waals surface area contributed by atoms with E-state index in [1.54, 1.807) is 0 Å². The molecule has 3 rings (SSSR count). The van der Waals surface area contributed by atoms with Crippen LogP contribution in [0, 0.1) is 12.3 Å². The van der Waals surface area contributed by atoms with Crippen molar-refractivity contribution in [1.29, 1.82) is 0 Å². The summed E-state index contributed by atoms with van der Waals surface area (Å²) < 4.78 is 6.88. The molecule has 0 radical (unpaired) electrons. The van der Waals surface area contributed by atoms with Gasteiger partial charge in [-0.05, 0) is 5.92 Å². The van der Waals surface area contributed by atoms with Gasteiger partial charge in [0.2, 0.25) is 5.82 Å². The fourth-order valence-corrected chi connectivity index (χ4v) is 2.58. The second-order valence-electron chi connectivity index (χ2n) is 5.21. The summed E-state index contributed by atoms with van der Waals surface area (Å²) in [6.07, 6.45) is 1.61. The number of aliphatic hydroxyl groups is 2. The predicted molar refractivity (Wildman–Crippen MR) is 83.9 cm³/mol. The van der Waals surface area contributed by atoms with E-state index in [9.17, 15) is 15.0 Å². The van der Waals surface area contributed by atoms with Crippen LogP contribution in [0.1, 0.15) is 12.1 Å².